The molecule has 0 aromatic heterocycles. The number of phenols is 1. The molecule has 0 spiro atoms. The van der Waals surface area contributed by atoms with Crippen LogP contribution in [0.15, 0.2) is 36.4 Å². The van der Waals surface area contributed by atoms with Gasteiger partial charge in [-0.05, 0) is 38.3 Å². The van der Waals surface area contributed by atoms with E-state index in [1.165, 1.54) is 12.8 Å². The van der Waals surface area contributed by atoms with Crippen molar-refractivity contribution in [2.45, 2.75) is 79.1 Å². The average Bonchev–Trinajstić information content (AvgIpc) is 2.65. The second-order valence-electron chi connectivity index (χ2n) is 8.58. The zero-order chi connectivity index (χ0) is 21.4. The first-order valence-electron chi connectivity index (χ1n) is 10.9. The molecule has 3 heteroatoms. The number of esters is 1. The van der Waals surface area contributed by atoms with Crippen LogP contribution in [-0.2, 0) is 4.79 Å². The molecule has 158 valence electrons. The van der Waals surface area contributed by atoms with Gasteiger partial charge in [0.1, 0.15) is 11.5 Å². The van der Waals surface area contributed by atoms with Crippen molar-refractivity contribution in [3.05, 3.63) is 58.7 Å². The van der Waals surface area contributed by atoms with Crippen molar-refractivity contribution >= 4 is 5.97 Å². The number of aryl methyl sites for hydroxylation is 2. The Bertz CT molecular complexity index is 808. The highest BCUT2D eigenvalue weighted by Gasteiger charge is 2.23. The third-order valence-corrected chi connectivity index (χ3v) is 5.24. The van der Waals surface area contributed by atoms with Crippen molar-refractivity contribution < 1.29 is 14.6 Å². The first-order valence-corrected chi connectivity index (χ1v) is 10.9. The standard InChI is InChI=1S/C26H36O3/c1-6-7-8-9-10-21(22-16-19(4)11-13-24(22)27)23-17-20(5)12-14-25(23)29-26(28)15-18(2)3/h11-14,16-18,21,27H,6-10,15H2,1-5H3/t21-/m1/s1. The van der Waals surface area contributed by atoms with Gasteiger partial charge in [0.25, 0.3) is 0 Å². The number of hydrogen-bond acceptors (Lipinski definition) is 3. The lowest BCUT2D eigenvalue weighted by Gasteiger charge is -2.23. The summed E-state index contributed by atoms with van der Waals surface area (Å²) in [5.41, 5.74) is 4.13. The normalized spacial score (nSPS) is 12.2. The van der Waals surface area contributed by atoms with Gasteiger partial charge in [0.05, 0.1) is 0 Å². The highest BCUT2D eigenvalue weighted by Crippen LogP contribution is 2.40. The van der Waals surface area contributed by atoms with Crippen molar-refractivity contribution in [1.82, 2.24) is 0 Å². The molecule has 2 rings (SSSR count). The molecule has 0 saturated carbocycles. The molecular weight excluding hydrogens is 360 g/mol. The Kier molecular flexibility index (Phi) is 8.75. The number of benzene rings is 2. The molecule has 1 N–H and O–H groups in total. The monoisotopic (exact) mass is 396 g/mol. The smallest absolute Gasteiger partial charge is 0.311 e. The first kappa shape index (κ1) is 23.0. The summed E-state index contributed by atoms with van der Waals surface area (Å²) in [5, 5.41) is 10.6. The lowest BCUT2D eigenvalue weighted by molar-refractivity contribution is -0.135. The summed E-state index contributed by atoms with van der Waals surface area (Å²) in [7, 11) is 0. The van der Waals surface area contributed by atoms with Gasteiger partial charge in [-0.15, -0.1) is 0 Å². The van der Waals surface area contributed by atoms with Crippen LogP contribution >= 0.6 is 0 Å². The van der Waals surface area contributed by atoms with Crippen LogP contribution in [0, 0.1) is 19.8 Å². The van der Waals surface area contributed by atoms with Crippen LogP contribution in [-0.4, -0.2) is 11.1 Å². The number of rotatable bonds is 10. The molecule has 0 radical (unpaired) electrons. The van der Waals surface area contributed by atoms with Crippen molar-refractivity contribution in [2.24, 2.45) is 5.92 Å². The molecule has 0 bridgehead atoms. The number of carbonyl (C=O) groups excluding carboxylic acids is 1. The lowest BCUT2D eigenvalue weighted by atomic mass is 9.84. The Hall–Kier alpha value is -2.29. The molecule has 0 saturated heterocycles. The van der Waals surface area contributed by atoms with Gasteiger partial charge in [0, 0.05) is 23.5 Å². The Morgan fingerprint density at radius 1 is 0.966 bits per heavy atom. The molecule has 0 aliphatic carbocycles. The summed E-state index contributed by atoms with van der Waals surface area (Å²) >= 11 is 0. The van der Waals surface area contributed by atoms with Crippen LogP contribution in [0.1, 0.15) is 87.5 Å². The molecule has 0 fully saturated rings. The Balaban J connectivity index is 2.44. The van der Waals surface area contributed by atoms with Gasteiger partial charge in [-0.1, -0.05) is 81.8 Å². The number of phenolic OH excluding ortho intramolecular Hbond substituents is 1. The van der Waals surface area contributed by atoms with Gasteiger partial charge < -0.3 is 9.84 Å². The van der Waals surface area contributed by atoms with Crippen LogP contribution in [0.25, 0.3) is 0 Å². The highest BCUT2D eigenvalue weighted by molar-refractivity contribution is 5.73. The predicted molar refractivity (Wildman–Crippen MR) is 120 cm³/mol. The Labute approximate surface area is 176 Å². The van der Waals surface area contributed by atoms with Gasteiger partial charge in [-0.25, -0.2) is 0 Å². The van der Waals surface area contributed by atoms with Crippen molar-refractivity contribution in [1.29, 1.82) is 0 Å². The predicted octanol–water partition coefficient (Wildman–Crippen LogP) is 7.06. The number of unbranched alkanes of at least 4 members (excludes halogenated alkanes) is 3. The summed E-state index contributed by atoms with van der Waals surface area (Å²) in [6.07, 6.45) is 5.92. The number of ether oxygens (including phenoxy) is 1. The molecular formula is C26H36O3. The summed E-state index contributed by atoms with van der Waals surface area (Å²) in [5.74, 6) is 0.957. The fraction of sp³-hybridized carbons (Fsp3) is 0.500. The summed E-state index contributed by atoms with van der Waals surface area (Å²) in [6.45, 7) is 10.3. The summed E-state index contributed by atoms with van der Waals surface area (Å²) in [6, 6.07) is 11.7. The maximum Gasteiger partial charge on any atom is 0.311 e. The third-order valence-electron chi connectivity index (χ3n) is 5.24. The van der Waals surface area contributed by atoms with E-state index >= 15 is 0 Å². The van der Waals surface area contributed by atoms with Crippen LogP contribution in [0.5, 0.6) is 11.5 Å². The topological polar surface area (TPSA) is 46.5 Å². The molecule has 2 aromatic rings. The molecule has 1 atom stereocenters. The van der Waals surface area contributed by atoms with E-state index in [4.69, 9.17) is 4.74 Å². The second kappa shape index (κ2) is 11.0. The van der Waals surface area contributed by atoms with E-state index in [0.29, 0.717) is 17.9 Å². The van der Waals surface area contributed by atoms with E-state index in [2.05, 4.69) is 19.1 Å². The zero-order valence-electron chi connectivity index (χ0n) is 18.6. The molecule has 29 heavy (non-hydrogen) atoms. The Morgan fingerprint density at radius 2 is 1.62 bits per heavy atom. The quantitative estimate of drug-likeness (QED) is 0.265. The van der Waals surface area contributed by atoms with E-state index in [1.54, 1.807) is 6.07 Å². The molecule has 0 unspecified atom stereocenters. The van der Waals surface area contributed by atoms with Crippen LogP contribution < -0.4 is 4.74 Å². The van der Waals surface area contributed by atoms with Gasteiger partial charge in [-0.2, -0.15) is 0 Å². The van der Waals surface area contributed by atoms with Gasteiger partial charge in [0.15, 0.2) is 0 Å². The van der Waals surface area contributed by atoms with E-state index in [0.717, 1.165) is 41.5 Å². The van der Waals surface area contributed by atoms with Gasteiger partial charge >= 0.3 is 5.97 Å². The van der Waals surface area contributed by atoms with Crippen LogP contribution in [0.2, 0.25) is 0 Å². The molecule has 3 nitrogen and oxygen atoms in total. The SMILES string of the molecule is CCCCCC[C@H](c1cc(C)ccc1O)c1cc(C)ccc1OC(=O)CC(C)C. The number of hydrogen-bond donors (Lipinski definition) is 1. The minimum Gasteiger partial charge on any atom is -0.508 e. The molecule has 0 aliphatic heterocycles. The van der Waals surface area contributed by atoms with E-state index in [9.17, 15) is 9.90 Å². The summed E-state index contributed by atoms with van der Waals surface area (Å²) < 4.78 is 5.79. The van der Waals surface area contributed by atoms with E-state index in [1.807, 2.05) is 45.9 Å². The lowest BCUT2D eigenvalue weighted by Crippen LogP contribution is -2.13. The largest absolute Gasteiger partial charge is 0.508 e. The van der Waals surface area contributed by atoms with Crippen LogP contribution in [0.3, 0.4) is 0 Å². The first-order chi connectivity index (χ1) is 13.8. The van der Waals surface area contributed by atoms with Crippen LogP contribution in [0.4, 0.5) is 0 Å². The average molecular weight is 397 g/mol. The van der Waals surface area contributed by atoms with Gasteiger partial charge in [-0.3, -0.25) is 4.79 Å². The second-order valence-corrected chi connectivity index (χ2v) is 8.58. The van der Waals surface area contributed by atoms with E-state index in [-0.39, 0.29) is 17.8 Å². The minimum absolute atomic E-state index is 0.00601. The fourth-order valence-electron chi connectivity index (χ4n) is 3.74. The number of carbonyl (C=O) groups is 1. The molecule has 0 heterocycles. The fourth-order valence-corrected chi connectivity index (χ4v) is 3.74. The van der Waals surface area contributed by atoms with Crippen molar-refractivity contribution in [3.63, 3.8) is 0 Å². The molecule has 0 amide bonds. The summed E-state index contributed by atoms with van der Waals surface area (Å²) in [4.78, 5) is 12.4. The third kappa shape index (κ3) is 6.92. The number of aromatic hydroxyl groups is 1. The van der Waals surface area contributed by atoms with E-state index < -0.39 is 0 Å². The minimum atomic E-state index is -0.205. The maximum atomic E-state index is 12.4. The van der Waals surface area contributed by atoms with Gasteiger partial charge in [0.2, 0.25) is 0 Å². The molecule has 2 aromatic carbocycles. The molecule has 0 aliphatic rings. The highest BCUT2D eigenvalue weighted by atomic mass is 16.5. The van der Waals surface area contributed by atoms with Crippen molar-refractivity contribution in [3.8, 4) is 11.5 Å². The maximum absolute atomic E-state index is 12.4. The Morgan fingerprint density at radius 3 is 2.28 bits per heavy atom. The zero-order valence-corrected chi connectivity index (χ0v) is 18.6. The van der Waals surface area contributed by atoms with Crippen molar-refractivity contribution in [2.75, 3.05) is 0 Å².